The molecule has 48 valence electrons. The minimum atomic E-state index is 0.553. The van der Waals surface area contributed by atoms with Crippen LogP contribution in [0.5, 0.6) is 0 Å². The second-order valence-corrected chi connectivity index (χ2v) is 1.77. The van der Waals surface area contributed by atoms with Crippen LogP contribution in [0, 0.1) is 0 Å². The molecule has 0 aromatic carbocycles. The normalized spacial score (nSPS) is 11.9. The van der Waals surface area contributed by atoms with Gasteiger partial charge >= 0.3 is 0 Å². The standard InChI is InChI=1S/C6H8N2O/c1-8-5-3-2-4-6(8)7-9/h2-5,9H,1H3. The van der Waals surface area contributed by atoms with Gasteiger partial charge in [0.1, 0.15) is 0 Å². The van der Waals surface area contributed by atoms with Crippen LogP contribution in [0.3, 0.4) is 0 Å². The molecule has 0 radical (unpaired) electrons. The average molecular weight is 124 g/mol. The highest BCUT2D eigenvalue weighted by molar-refractivity contribution is 4.90. The van der Waals surface area contributed by atoms with Gasteiger partial charge in [0.25, 0.3) is 0 Å². The summed E-state index contributed by atoms with van der Waals surface area (Å²) in [6.45, 7) is 0. The SMILES string of the molecule is Cn1ccccc1=NO. The first-order valence-corrected chi connectivity index (χ1v) is 2.64. The van der Waals surface area contributed by atoms with Crippen molar-refractivity contribution in [2.24, 2.45) is 12.2 Å². The molecule has 1 aromatic rings. The molecule has 0 saturated carbocycles. The van der Waals surface area contributed by atoms with Crippen LogP contribution < -0.4 is 5.49 Å². The topological polar surface area (TPSA) is 37.5 Å². The average Bonchev–Trinajstić information content (AvgIpc) is 1.89. The van der Waals surface area contributed by atoms with E-state index < -0.39 is 0 Å². The quantitative estimate of drug-likeness (QED) is 0.392. The minimum absolute atomic E-state index is 0.553. The highest BCUT2D eigenvalue weighted by Crippen LogP contribution is 1.74. The molecular formula is C6H8N2O. The molecule has 9 heavy (non-hydrogen) atoms. The highest BCUT2D eigenvalue weighted by atomic mass is 16.4. The van der Waals surface area contributed by atoms with Gasteiger partial charge in [-0.3, -0.25) is 0 Å². The number of nitrogens with zero attached hydrogens (tertiary/aromatic N) is 2. The van der Waals surface area contributed by atoms with Crippen molar-refractivity contribution in [2.45, 2.75) is 0 Å². The van der Waals surface area contributed by atoms with E-state index in [9.17, 15) is 0 Å². The largest absolute Gasteiger partial charge is 0.409 e. The second kappa shape index (κ2) is 2.35. The Kier molecular flexibility index (Phi) is 1.53. The van der Waals surface area contributed by atoms with Crippen molar-refractivity contribution in [3.05, 3.63) is 29.9 Å². The fourth-order valence-corrected chi connectivity index (χ4v) is 0.618. The first-order valence-electron chi connectivity index (χ1n) is 2.64. The minimum Gasteiger partial charge on any atom is -0.409 e. The van der Waals surface area contributed by atoms with Gasteiger partial charge in [-0.05, 0) is 12.1 Å². The molecule has 0 aliphatic carbocycles. The van der Waals surface area contributed by atoms with Gasteiger partial charge in [0.2, 0.25) is 0 Å². The van der Waals surface area contributed by atoms with Gasteiger partial charge < -0.3 is 9.77 Å². The fraction of sp³-hybridized carbons (Fsp3) is 0.167. The highest BCUT2D eigenvalue weighted by Gasteiger charge is 1.79. The Labute approximate surface area is 52.9 Å². The number of aromatic nitrogens is 1. The van der Waals surface area contributed by atoms with Gasteiger partial charge in [0.15, 0.2) is 5.49 Å². The third kappa shape index (κ3) is 1.10. The summed E-state index contributed by atoms with van der Waals surface area (Å²) in [5.41, 5.74) is 0.553. The predicted octanol–water partition coefficient (Wildman–Crippen LogP) is 0.315. The molecule has 0 bridgehead atoms. The molecule has 0 spiro atoms. The third-order valence-corrected chi connectivity index (χ3v) is 1.13. The van der Waals surface area contributed by atoms with Crippen LogP contribution in [0.25, 0.3) is 0 Å². The monoisotopic (exact) mass is 124 g/mol. The molecule has 1 N–H and O–H groups in total. The smallest absolute Gasteiger partial charge is 0.171 e. The zero-order valence-electron chi connectivity index (χ0n) is 5.15. The molecule has 1 aromatic heterocycles. The summed E-state index contributed by atoms with van der Waals surface area (Å²) in [7, 11) is 1.81. The van der Waals surface area contributed by atoms with Gasteiger partial charge in [-0.25, -0.2) is 0 Å². The van der Waals surface area contributed by atoms with E-state index in [2.05, 4.69) is 5.16 Å². The van der Waals surface area contributed by atoms with E-state index in [-0.39, 0.29) is 0 Å². The molecule has 0 aliphatic heterocycles. The zero-order chi connectivity index (χ0) is 6.69. The van der Waals surface area contributed by atoms with Crippen LogP contribution in [0.2, 0.25) is 0 Å². The first-order chi connectivity index (χ1) is 4.34. The zero-order valence-corrected chi connectivity index (χ0v) is 5.15. The van der Waals surface area contributed by atoms with Crippen molar-refractivity contribution in [3.8, 4) is 0 Å². The maximum absolute atomic E-state index is 8.32. The Morgan fingerprint density at radius 3 is 2.78 bits per heavy atom. The van der Waals surface area contributed by atoms with Crippen molar-refractivity contribution in [1.82, 2.24) is 4.57 Å². The predicted molar refractivity (Wildman–Crippen MR) is 32.8 cm³/mol. The maximum Gasteiger partial charge on any atom is 0.171 e. The van der Waals surface area contributed by atoms with E-state index in [0.29, 0.717) is 5.49 Å². The molecule has 0 aliphatic rings. The molecule has 0 fully saturated rings. The molecule has 1 heterocycles. The van der Waals surface area contributed by atoms with Gasteiger partial charge in [-0.2, -0.15) is 0 Å². The van der Waals surface area contributed by atoms with Crippen LogP contribution in [0.1, 0.15) is 0 Å². The lowest BCUT2D eigenvalue weighted by Gasteiger charge is -1.93. The van der Waals surface area contributed by atoms with E-state index >= 15 is 0 Å². The summed E-state index contributed by atoms with van der Waals surface area (Å²) in [5, 5.41) is 11.4. The third-order valence-electron chi connectivity index (χ3n) is 1.13. The Morgan fingerprint density at radius 2 is 2.33 bits per heavy atom. The number of hydrogen-bond acceptors (Lipinski definition) is 2. The summed E-state index contributed by atoms with van der Waals surface area (Å²) >= 11 is 0. The van der Waals surface area contributed by atoms with Gasteiger partial charge in [0.05, 0.1) is 0 Å². The lowest BCUT2D eigenvalue weighted by Crippen LogP contribution is -2.15. The molecule has 0 atom stereocenters. The van der Waals surface area contributed by atoms with E-state index in [1.54, 1.807) is 10.6 Å². The summed E-state index contributed by atoms with van der Waals surface area (Å²) in [6.07, 6.45) is 1.81. The van der Waals surface area contributed by atoms with Crippen molar-refractivity contribution >= 4 is 0 Å². The number of aryl methyl sites for hydroxylation is 1. The van der Waals surface area contributed by atoms with Crippen molar-refractivity contribution in [2.75, 3.05) is 0 Å². The van der Waals surface area contributed by atoms with Gasteiger partial charge in [-0.1, -0.05) is 11.2 Å². The molecule has 3 heteroatoms. The molecular weight excluding hydrogens is 116 g/mol. The van der Waals surface area contributed by atoms with Crippen LogP contribution >= 0.6 is 0 Å². The van der Waals surface area contributed by atoms with Crippen LogP contribution in [-0.4, -0.2) is 9.77 Å². The molecule has 0 saturated heterocycles. The summed E-state index contributed by atoms with van der Waals surface area (Å²) < 4.78 is 1.72. The Balaban J connectivity index is 3.33. The Bertz CT molecular complexity index is 251. The maximum atomic E-state index is 8.32. The van der Waals surface area contributed by atoms with E-state index in [4.69, 9.17) is 5.21 Å². The molecule has 3 nitrogen and oxygen atoms in total. The lowest BCUT2D eigenvalue weighted by molar-refractivity contribution is 0.295. The second-order valence-electron chi connectivity index (χ2n) is 1.77. The van der Waals surface area contributed by atoms with Gasteiger partial charge in [-0.15, -0.1) is 0 Å². The van der Waals surface area contributed by atoms with Crippen LogP contribution in [-0.2, 0) is 7.05 Å². The Hall–Kier alpha value is -1.25. The molecule has 0 amide bonds. The van der Waals surface area contributed by atoms with Crippen LogP contribution in [0.4, 0.5) is 0 Å². The fourth-order valence-electron chi connectivity index (χ4n) is 0.618. The summed E-state index contributed by atoms with van der Waals surface area (Å²) in [5.74, 6) is 0. The first kappa shape index (κ1) is 5.88. The molecule has 0 unspecified atom stereocenters. The lowest BCUT2D eigenvalue weighted by atomic mass is 10.5. The van der Waals surface area contributed by atoms with E-state index in [0.717, 1.165) is 0 Å². The van der Waals surface area contributed by atoms with E-state index in [1.807, 2.05) is 25.4 Å². The Morgan fingerprint density at radius 1 is 1.56 bits per heavy atom. The van der Waals surface area contributed by atoms with Crippen LogP contribution in [0.15, 0.2) is 29.6 Å². The summed E-state index contributed by atoms with van der Waals surface area (Å²) in [6, 6.07) is 5.41. The number of pyridine rings is 1. The van der Waals surface area contributed by atoms with Crippen molar-refractivity contribution < 1.29 is 5.21 Å². The summed E-state index contributed by atoms with van der Waals surface area (Å²) in [4.78, 5) is 0. The number of rotatable bonds is 0. The molecule has 1 rings (SSSR count). The van der Waals surface area contributed by atoms with E-state index in [1.165, 1.54) is 0 Å². The van der Waals surface area contributed by atoms with Crippen molar-refractivity contribution in [3.63, 3.8) is 0 Å². The van der Waals surface area contributed by atoms with Crippen molar-refractivity contribution in [1.29, 1.82) is 0 Å². The van der Waals surface area contributed by atoms with Gasteiger partial charge in [0, 0.05) is 13.2 Å². The number of hydrogen-bond donors (Lipinski definition) is 1.